The Hall–Kier alpha value is -3.36. The molecule has 0 radical (unpaired) electrons. The van der Waals surface area contributed by atoms with Crippen molar-refractivity contribution in [1.29, 1.82) is 0 Å². The van der Waals surface area contributed by atoms with Crippen LogP contribution in [0, 0.1) is 0 Å². The average molecular weight is 467 g/mol. The number of benzene rings is 3. The van der Waals surface area contributed by atoms with Gasteiger partial charge in [-0.3, -0.25) is 4.79 Å². The lowest BCUT2D eigenvalue weighted by atomic mass is 9.87. The van der Waals surface area contributed by atoms with Gasteiger partial charge in [0.1, 0.15) is 0 Å². The zero-order chi connectivity index (χ0) is 23.6. The lowest BCUT2D eigenvalue weighted by molar-refractivity contribution is 0.102. The summed E-state index contributed by atoms with van der Waals surface area (Å²) in [5, 5.41) is 2.81. The van der Waals surface area contributed by atoms with Gasteiger partial charge in [0.05, 0.1) is 4.90 Å². The number of anilines is 1. The standard InChI is InChI=1S/C25H26N2O5S/c1-25(2,3)19-8-11-21(12-9-19)33(29,30)26-15-17-4-6-18(7-5-17)24(28)27-20-10-13-22-23(14-20)32-16-31-22/h4-14,26H,15-16H2,1-3H3,(H,27,28). The molecule has 1 aliphatic heterocycles. The van der Waals surface area contributed by atoms with E-state index in [-0.39, 0.29) is 29.6 Å². The summed E-state index contributed by atoms with van der Waals surface area (Å²) in [5.74, 6) is 0.952. The molecule has 0 spiro atoms. The van der Waals surface area contributed by atoms with Crippen LogP contribution in [-0.2, 0) is 22.0 Å². The second-order valence-electron chi connectivity index (χ2n) is 8.82. The molecule has 0 aromatic heterocycles. The van der Waals surface area contributed by atoms with Gasteiger partial charge in [0, 0.05) is 23.9 Å². The van der Waals surface area contributed by atoms with E-state index in [4.69, 9.17) is 9.47 Å². The molecule has 33 heavy (non-hydrogen) atoms. The maximum Gasteiger partial charge on any atom is 0.255 e. The van der Waals surface area contributed by atoms with Crippen molar-refractivity contribution in [3.63, 3.8) is 0 Å². The number of hydrogen-bond acceptors (Lipinski definition) is 5. The van der Waals surface area contributed by atoms with E-state index in [0.29, 0.717) is 22.7 Å². The van der Waals surface area contributed by atoms with Gasteiger partial charge in [0.25, 0.3) is 5.91 Å². The number of nitrogens with one attached hydrogen (secondary N) is 2. The molecular weight excluding hydrogens is 440 g/mol. The van der Waals surface area contributed by atoms with Gasteiger partial charge >= 0.3 is 0 Å². The first-order valence-corrected chi connectivity index (χ1v) is 12.0. The molecule has 3 aromatic rings. The summed E-state index contributed by atoms with van der Waals surface area (Å²) in [6.45, 7) is 6.52. The number of hydrogen-bond donors (Lipinski definition) is 2. The van der Waals surface area contributed by atoms with E-state index < -0.39 is 10.0 Å². The third kappa shape index (κ3) is 5.35. The molecule has 8 heteroatoms. The molecule has 0 saturated carbocycles. The highest BCUT2D eigenvalue weighted by Crippen LogP contribution is 2.34. The van der Waals surface area contributed by atoms with Gasteiger partial charge in [-0.2, -0.15) is 0 Å². The fraction of sp³-hybridized carbons (Fsp3) is 0.240. The summed E-state index contributed by atoms with van der Waals surface area (Å²) in [6, 6.07) is 18.8. The largest absolute Gasteiger partial charge is 0.454 e. The van der Waals surface area contributed by atoms with Gasteiger partial charge < -0.3 is 14.8 Å². The van der Waals surface area contributed by atoms with Crippen LogP contribution in [0.1, 0.15) is 42.3 Å². The van der Waals surface area contributed by atoms with Crippen molar-refractivity contribution in [2.24, 2.45) is 0 Å². The second-order valence-corrected chi connectivity index (χ2v) is 10.6. The van der Waals surface area contributed by atoms with Gasteiger partial charge in [-0.15, -0.1) is 0 Å². The molecule has 0 unspecified atom stereocenters. The average Bonchev–Trinajstić information content (AvgIpc) is 3.25. The summed E-state index contributed by atoms with van der Waals surface area (Å²) in [6.07, 6.45) is 0. The van der Waals surface area contributed by atoms with E-state index >= 15 is 0 Å². The molecule has 3 aromatic carbocycles. The van der Waals surface area contributed by atoms with Gasteiger partial charge in [-0.25, -0.2) is 13.1 Å². The van der Waals surface area contributed by atoms with Crippen LogP contribution in [0.5, 0.6) is 11.5 Å². The summed E-state index contributed by atoms with van der Waals surface area (Å²) in [7, 11) is -3.64. The van der Waals surface area contributed by atoms with Crippen molar-refractivity contribution < 1.29 is 22.7 Å². The first kappa shape index (κ1) is 22.8. The number of fused-ring (bicyclic) bond motifs is 1. The molecule has 0 fully saturated rings. The summed E-state index contributed by atoms with van der Waals surface area (Å²) in [5.41, 5.74) is 2.81. The maximum atomic E-state index is 12.6. The minimum Gasteiger partial charge on any atom is -0.454 e. The highest BCUT2D eigenvalue weighted by molar-refractivity contribution is 7.89. The van der Waals surface area contributed by atoms with E-state index in [9.17, 15) is 13.2 Å². The molecule has 1 aliphatic rings. The van der Waals surface area contributed by atoms with Crippen LogP contribution >= 0.6 is 0 Å². The fourth-order valence-electron chi connectivity index (χ4n) is 3.35. The van der Waals surface area contributed by atoms with Gasteiger partial charge in [0.2, 0.25) is 16.8 Å². The van der Waals surface area contributed by atoms with Crippen LogP contribution in [0.15, 0.2) is 71.6 Å². The van der Waals surface area contributed by atoms with E-state index in [1.807, 2.05) is 12.1 Å². The molecular formula is C25H26N2O5S. The molecule has 0 aliphatic carbocycles. The van der Waals surface area contributed by atoms with Crippen LogP contribution < -0.4 is 19.5 Å². The molecule has 1 heterocycles. The maximum absolute atomic E-state index is 12.6. The third-order valence-corrected chi connectivity index (χ3v) is 6.76. The van der Waals surface area contributed by atoms with Crippen molar-refractivity contribution in [3.8, 4) is 11.5 Å². The molecule has 0 saturated heterocycles. The van der Waals surface area contributed by atoms with Crippen molar-refractivity contribution in [2.45, 2.75) is 37.6 Å². The number of sulfonamides is 1. The number of carbonyl (C=O) groups excluding carboxylic acids is 1. The molecule has 172 valence electrons. The van der Waals surface area contributed by atoms with Gasteiger partial charge in [-0.05, 0) is 52.9 Å². The fourth-order valence-corrected chi connectivity index (χ4v) is 4.37. The van der Waals surface area contributed by atoms with E-state index in [1.165, 1.54) is 0 Å². The highest BCUT2D eigenvalue weighted by atomic mass is 32.2. The van der Waals surface area contributed by atoms with Crippen LogP contribution in [0.2, 0.25) is 0 Å². The smallest absolute Gasteiger partial charge is 0.255 e. The summed E-state index contributed by atoms with van der Waals surface area (Å²) < 4.78 is 38.5. The quantitative estimate of drug-likeness (QED) is 0.560. The van der Waals surface area contributed by atoms with Crippen LogP contribution in [0.4, 0.5) is 5.69 Å². The summed E-state index contributed by atoms with van der Waals surface area (Å²) in [4.78, 5) is 12.7. The van der Waals surface area contributed by atoms with Crippen LogP contribution in [-0.4, -0.2) is 21.1 Å². The monoisotopic (exact) mass is 466 g/mol. The topological polar surface area (TPSA) is 93.7 Å². The Balaban J connectivity index is 1.36. The third-order valence-electron chi connectivity index (χ3n) is 5.34. The molecule has 2 N–H and O–H groups in total. The Morgan fingerprint density at radius 3 is 2.24 bits per heavy atom. The van der Waals surface area contributed by atoms with Crippen LogP contribution in [0.3, 0.4) is 0 Å². The van der Waals surface area contributed by atoms with E-state index in [2.05, 4.69) is 30.8 Å². The Morgan fingerprint density at radius 2 is 1.58 bits per heavy atom. The zero-order valence-corrected chi connectivity index (χ0v) is 19.5. The Labute approximate surface area is 193 Å². The van der Waals surface area contributed by atoms with Crippen molar-refractivity contribution in [2.75, 3.05) is 12.1 Å². The first-order chi connectivity index (χ1) is 15.6. The normalized spacial score (nSPS) is 13.1. The predicted octanol–water partition coefficient (Wildman–Crippen LogP) is 4.44. The second kappa shape index (κ2) is 8.88. The Morgan fingerprint density at radius 1 is 0.909 bits per heavy atom. The molecule has 4 rings (SSSR count). The van der Waals surface area contributed by atoms with E-state index in [1.54, 1.807) is 54.6 Å². The molecule has 1 amide bonds. The van der Waals surface area contributed by atoms with Crippen molar-refractivity contribution >= 4 is 21.6 Å². The molecule has 0 atom stereocenters. The first-order valence-electron chi connectivity index (χ1n) is 10.5. The lowest BCUT2D eigenvalue weighted by Gasteiger charge is -2.19. The molecule has 0 bridgehead atoms. The number of amides is 1. The number of carbonyl (C=O) groups is 1. The zero-order valence-electron chi connectivity index (χ0n) is 18.7. The van der Waals surface area contributed by atoms with E-state index in [0.717, 1.165) is 11.1 Å². The minimum atomic E-state index is -3.64. The Bertz CT molecular complexity index is 1260. The van der Waals surface area contributed by atoms with Crippen molar-refractivity contribution in [3.05, 3.63) is 83.4 Å². The van der Waals surface area contributed by atoms with Crippen LogP contribution in [0.25, 0.3) is 0 Å². The number of ether oxygens (including phenoxy) is 2. The van der Waals surface area contributed by atoms with Gasteiger partial charge in [0.15, 0.2) is 11.5 Å². The predicted molar refractivity (Wildman–Crippen MR) is 126 cm³/mol. The van der Waals surface area contributed by atoms with Gasteiger partial charge in [-0.1, -0.05) is 45.0 Å². The lowest BCUT2D eigenvalue weighted by Crippen LogP contribution is -2.23. The number of rotatable bonds is 6. The SMILES string of the molecule is CC(C)(C)c1ccc(S(=O)(=O)NCc2ccc(C(=O)Nc3ccc4c(c3)OCO4)cc2)cc1. The Kier molecular flexibility index (Phi) is 6.14. The molecule has 7 nitrogen and oxygen atoms in total. The highest BCUT2D eigenvalue weighted by Gasteiger charge is 2.18. The van der Waals surface area contributed by atoms with Crippen molar-refractivity contribution in [1.82, 2.24) is 4.72 Å². The minimum absolute atomic E-state index is 0.0491. The summed E-state index contributed by atoms with van der Waals surface area (Å²) >= 11 is 0.